The summed E-state index contributed by atoms with van der Waals surface area (Å²) in [4.78, 5) is 28.9. The number of morpholine rings is 1. The molecule has 3 fully saturated rings. The van der Waals surface area contributed by atoms with E-state index < -0.39 is 0 Å². The summed E-state index contributed by atoms with van der Waals surface area (Å²) in [6.45, 7) is 6.30. The van der Waals surface area contributed by atoms with E-state index in [9.17, 15) is 9.59 Å². The third-order valence-electron chi connectivity index (χ3n) is 5.37. The van der Waals surface area contributed by atoms with Gasteiger partial charge in [-0.15, -0.1) is 0 Å². The summed E-state index contributed by atoms with van der Waals surface area (Å²) >= 11 is 0. The second-order valence-electron chi connectivity index (χ2n) is 7.14. The van der Waals surface area contributed by atoms with Crippen LogP contribution in [0.25, 0.3) is 0 Å². The standard InChI is InChI=1S/C17H28N2O3/c1-13(14-4-5-14)11-16(20)19-6-2-3-15(12-19)17(21)18-7-9-22-10-8-18/h13-15H,2-12H2,1H3/t13-,15+/m1/s1. The highest BCUT2D eigenvalue weighted by atomic mass is 16.5. The largest absolute Gasteiger partial charge is 0.378 e. The zero-order valence-corrected chi connectivity index (χ0v) is 13.6. The number of amides is 2. The van der Waals surface area contributed by atoms with Crippen LogP contribution in [0.15, 0.2) is 0 Å². The number of rotatable bonds is 4. The molecule has 0 bridgehead atoms. The molecule has 0 radical (unpaired) electrons. The molecule has 2 amide bonds. The number of piperidine rings is 1. The summed E-state index contributed by atoms with van der Waals surface area (Å²) in [5.74, 6) is 1.73. The fourth-order valence-electron chi connectivity index (χ4n) is 3.68. The Balaban J connectivity index is 1.51. The summed E-state index contributed by atoms with van der Waals surface area (Å²) in [7, 11) is 0. The van der Waals surface area contributed by atoms with Gasteiger partial charge in [0.25, 0.3) is 0 Å². The molecular formula is C17H28N2O3. The van der Waals surface area contributed by atoms with Crippen molar-refractivity contribution < 1.29 is 14.3 Å². The maximum Gasteiger partial charge on any atom is 0.227 e. The highest BCUT2D eigenvalue weighted by Crippen LogP contribution is 2.38. The number of hydrogen-bond donors (Lipinski definition) is 0. The Kier molecular flexibility index (Phi) is 5.01. The van der Waals surface area contributed by atoms with Gasteiger partial charge in [0.05, 0.1) is 19.1 Å². The van der Waals surface area contributed by atoms with Crippen LogP contribution in [0, 0.1) is 17.8 Å². The molecule has 2 aliphatic heterocycles. The molecule has 2 atom stereocenters. The van der Waals surface area contributed by atoms with Crippen molar-refractivity contribution >= 4 is 11.8 Å². The minimum Gasteiger partial charge on any atom is -0.378 e. The molecule has 1 aliphatic carbocycles. The van der Waals surface area contributed by atoms with Gasteiger partial charge in [0, 0.05) is 32.6 Å². The van der Waals surface area contributed by atoms with Gasteiger partial charge in [-0.05, 0) is 37.5 Å². The normalized spacial score (nSPS) is 27.6. The summed E-state index contributed by atoms with van der Waals surface area (Å²) in [6.07, 6.45) is 5.09. The van der Waals surface area contributed by atoms with Gasteiger partial charge in [0.2, 0.25) is 11.8 Å². The molecular weight excluding hydrogens is 280 g/mol. The van der Waals surface area contributed by atoms with Crippen LogP contribution < -0.4 is 0 Å². The van der Waals surface area contributed by atoms with Gasteiger partial charge in [-0.2, -0.15) is 0 Å². The first-order valence-electron chi connectivity index (χ1n) is 8.79. The van der Waals surface area contributed by atoms with E-state index in [1.165, 1.54) is 12.8 Å². The third kappa shape index (κ3) is 3.80. The second-order valence-corrected chi connectivity index (χ2v) is 7.14. The molecule has 3 rings (SSSR count). The molecule has 2 saturated heterocycles. The fraction of sp³-hybridized carbons (Fsp3) is 0.882. The van der Waals surface area contributed by atoms with Crippen molar-refractivity contribution in [3.8, 4) is 0 Å². The lowest BCUT2D eigenvalue weighted by Gasteiger charge is -2.36. The highest BCUT2D eigenvalue weighted by molar-refractivity contribution is 5.81. The van der Waals surface area contributed by atoms with Gasteiger partial charge in [-0.3, -0.25) is 9.59 Å². The predicted molar refractivity (Wildman–Crippen MR) is 83.2 cm³/mol. The quantitative estimate of drug-likeness (QED) is 0.791. The molecule has 124 valence electrons. The SMILES string of the molecule is C[C@H](CC(=O)N1CCC[C@H](C(=O)N2CCOCC2)C1)C1CC1. The molecule has 5 heteroatoms. The number of hydrogen-bond acceptors (Lipinski definition) is 3. The lowest BCUT2D eigenvalue weighted by molar-refractivity contribution is -0.144. The Morgan fingerprint density at radius 2 is 1.82 bits per heavy atom. The van der Waals surface area contributed by atoms with Crippen LogP contribution in [0.3, 0.4) is 0 Å². The van der Waals surface area contributed by atoms with E-state index in [2.05, 4.69) is 6.92 Å². The van der Waals surface area contributed by atoms with E-state index in [1.54, 1.807) is 0 Å². The maximum atomic E-state index is 12.6. The Morgan fingerprint density at radius 1 is 1.09 bits per heavy atom. The van der Waals surface area contributed by atoms with E-state index in [0.717, 1.165) is 25.3 Å². The summed E-state index contributed by atoms with van der Waals surface area (Å²) in [5, 5.41) is 0. The Hall–Kier alpha value is -1.10. The molecule has 3 aliphatic rings. The van der Waals surface area contributed by atoms with Gasteiger partial charge in [0.15, 0.2) is 0 Å². The molecule has 0 aromatic rings. The van der Waals surface area contributed by atoms with E-state index in [4.69, 9.17) is 4.74 Å². The van der Waals surface area contributed by atoms with Crippen LogP contribution in [0.5, 0.6) is 0 Å². The van der Waals surface area contributed by atoms with E-state index >= 15 is 0 Å². The lowest BCUT2D eigenvalue weighted by atomic mass is 9.94. The predicted octanol–water partition coefficient (Wildman–Crippen LogP) is 1.52. The van der Waals surface area contributed by atoms with E-state index in [-0.39, 0.29) is 17.7 Å². The first kappa shape index (κ1) is 15.8. The molecule has 0 aromatic carbocycles. The minimum absolute atomic E-state index is 0.00738. The summed E-state index contributed by atoms with van der Waals surface area (Å²) < 4.78 is 5.31. The van der Waals surface area contributed by atoms with Crippen molar-refractivity contribution in [1.82, 2.24) is 9.80 Å². The van der Waals surface area contributed by atoms with Crippen molar-refractivity contribution in [3.63, 3.8) is 0 Å². The van der Waals surface area contributed by atoms with Gasteiger partial charge < -0.3 is 14.5 Å². The number of likely N-dealkylation sites (tertiary alicyclic amines) is 1. The van der Waals surface area contributed by atoms with Crippen LogP contribution in [-0.2, 0) is 14.3 Å². The van der Waals surface area contributed by atoms with Crippen molar-refractivity contribution in [3.05, 3.63) is 0 Å². The highest BCUT2D eigenvalue weighted by Gasteiger charge is 2.34. The maximum absolute atomic E-state index is 12.6. The van der Waals surface area contributed by atoms with Crippen molar-refractivity contribution in [2.24, 2.45) is 17.8 Å². The number of ether oxygens (including phenoxy) is 1. The third-order valence-corrected chi connectivity index (χ3v) is 5.37. The first-order chi connectivity index (χ1) is 10.6. The average Bonchev–Trinajstić information content (AvgIpc) is 3.40. The van der Waals surface area contributed by atoms with Crippen LogP contribution in [0.4, 0.5) is 0 Å². The molecule has 2 heterocycles. The van der Waals surface area contributed by atoms with Gasteiger partial charge in [0.1, 0.15) is 0 Å². The van der Waals surface area contributed by atoms with Gasteiger partial charge in [-0.25, -0.2) is 0 Å². The zero-order valence-electron chi connectivity index (χ0n) is 13.6. The Bertz CT molecular complexity index is 416. The molecule has 22 heavy (non-hydrogen) atoms. The molecule has 1 saturated carbocycles. The first-order valence-corrected chi connectivity index (χ1v) is 8.79. The number of carbonyl (C=O) groups excluding carboxylic acids is 2. The number of nitrogens with zero attached hydrogens (tertiary/aromatic N) is 2. The number of carbonyl (C=O) groups is 2. The molecule has 0 unspecified atom stereocenters. The van der Waals surface area contributed by atoms with Crippen LogP contribution in [0.2, 0.25) is 0 Å². The van der Waals surface area contributed by atoms with Crippen LogP contribution in [0.1, 0.15) is 39.0 Å². The van der Waals surface area contributed by atoms with Crippen molar-refractivity contribution in [1.29, 1.82) is 0 Å². The average molecular weight is 308 g/mol. The Morgan fingerprint density at radius 3 is 2.50 bits per heavy atom. The van der Waals surface area contributed by atoms with Crippen molar-refractivity contribution in [2.45, 2.75) is 39.0 Å². The van der Waals surface area contributed by atoms with E-state index in [0.29, 0.717) is 45.2 Å². The molecule has 0 N–H and O–H groups in total. The molecule has 0 aromatic heterocycles. The van der Waals surface area contributed by atoms with E-state index in [1.807, 2.05) is 9.80 Å². The summed E-state index contributed by atoms with van der Waals surface area (Å²) in [5.41, 5.74) is 0. The van der Waals surface area contributed by atoms with Gasteiger partial charge >= 0.3 is 0 Å². The van der Waals surface area contributed by atoms with Crippen molar-refractivity contribution in [2.75, 3.05) is 39.4 Å². The second kappa shape index (κ2) is 6.99. The molecule has 0 spiro atoms. The van der Waals surface area contributed by atoms with Crippen LogP contribution in [-0.4, -0.2) is 61.0 Å². The monoisotopic (exact) mass is 308 g/mol. The zero-order chi connectivity index (χ0) is 15.5. The minimum atomic E-state index is -0.00738. The molecule has 5 nitrogen and oxygen atoms in total. The lowest BCUT2D eigenvalue weighted by Crippen LogP contribution is -2.49. The Labute approximate surface area is 133 Å². The topological polar surface area (TPSA) is 49.9 Å². The van der Waals surface area contributed by atoms with Gasteiger partial charge in [-0.1, -0.05) is 6.92 Å². The van der Waals surface area contributed by atoms with Crippen LogP contribution >= 0.6 is 0 Å². The fourth-order valence-corrected chi connectivity index (χ4v) is 3.68. The summed E-state index contributed by atoms with van der Waals surface area (Å²) in [6, 6.07) is 0. The smallest absolute Gasteiger partial charge is 0.227 e.